The number of rotatable bonds is 7. The van der Waals surface area contributed by atoms with Gasteiger partial charge in [-0.2, -0.15) is 0 Å². The molecule has 25 heavy (non-hydrogen) atoms. The number of amides is 1. The summed E-state index contributed by atoms with van der Waals surface area (Å²) in [7, 11) is 0. The molecule has 1 amide bonds. The molecule has 1 N–H and O–H groups in total. The summed E-state index contributed by atoms with van der Waals surface area (Å²) in [5.74, 6) is 0.710. The second kappa shape index (κ2) is 8.15. The summed E-state index contributed by atoms with van der Waals surface area (Å²) < 4.78 is 7.57. The van der Waals surface area contributed by atoms with Crippen LogP contribution in [0.2, 0.25) is 0 Å². The molecule has 2 aromatic carbocycles. The molecule has 0 saturated carbocycles. The molecule has 128 valence electrons. The SMILES string of the molecule is CCOc1ccccc1CNC(=O)c1ccc(Cn2ccnc2)cc1. The van der Waals surface area contributed by atoms with Gasteiger partial charge in [0.1, 0.15) is 5.75 Å². The number of carbonyl (C=O) groups excluding carboxylic acids is 1. The van der Waals surface area contributed by atoms with Crippen LogP contribution in [0, 0.1) is 0 Å². The Morgan fingerprint density at radius 1 is 1.16 bits per heavy atom. The van der Waals surface area contributed by atoms with Gasteiger partial charge < -0.3 is 14.6 Å². The smallest absolute Gasteiger partial charge is 0.251 e. The fraction of sp³-hybridized carbons (Fsp3) is 0.200. The minimum atomic E-state index is -0.0968. The van der Waals surface area contributed by atoms with E-state index in [1.807, 2.05) is 66.2 Å². The van der Waals surface area contributed by atoms with E-state index in [1.54, 1.807) is 12.5 Å². The molecule has 0 fully saturated rings. The van der Waals surface area contributed by atoms with Crippen molar-refractivity contribution in [2.75, 3.05) is 6.61 Å². The fourth-order valence-corrected chi connectivity index (χ4v) is 2.58. The molecule has 0 spiro atoms. The van der Waals surface area contributed by atoms with Crippen molar-refractivity contribution in [2.24, 2.45) is 0 Å². The second-order valence-electron chi connectivity index (χ2n) is 5.66. The number of aromatic nitrogens is 2. The Bertz CT molecular complexity index is 811. The summed E-state index contributed by atoms with van der Waals surface area (Å²) in [5.41, 5.74) is 2.73. The van der Waals surface area contributed by atoms with Crippen LogP contribution in [0.25, 0.3) is 0 Å². The van der Waals surface area contributed by atoms with E-state index in [1.165, 1.54) is 0 Å². The van der Waals surface area contributed by atoms with Crippen molar-refractivity contribution < 1.29 is 9.53 Å². The zero-order chi connectivity index (χ0) is 17.5. The van der Waals surface area contributed by atoms with Crippen molar-refractivity contribution in [3.05, 3.63) is 83.9 Å². The second-order valence-corrected chi connectivity index (χ2v) is 5.66. The molecule has 0 saturated heterocycles. The third kappa shape index (κ3) is 4.47. The van der Waals surface area contributed by atoms with Crippen molar-refractivity contribution >= 4 is 5.91 Å². The maximum atomic E-state index is 12.3. The monoisotopic (exact) mass is 335 g/mol. The highest BCUT2D eigenvalue weighted by Crippen LogP contribution is 2.17. The van der Waals surface area contributed by atoms with Crippen LogP contribution in [-0.4, -0.2) is 22.1 Å². The van der Waals surface area contributed by atoms with Crippen LogP contribution >= 0.6 is 0 Å². The molecule has 0 aliphatic heterocycles. The summed E-state index contributed by atoms with van der Waals surface area (Å²) in [6, 6.07) is 15.3. The number of imidazole rings is 1. The predicted molar refractivity (Wildman–Crippen MR) is 96.6 cm³/mol. The van der Waals surface area contributed by atoms with Crippen LogP contribution in [0.1, 0.15) is 28.4 Å². The van der Waals surface area contributed by atoms with Crippen LogP contribution in [0.15, 0.2) is 67.3 Å². The quantitative estimate of drug-likeness (QED) is 0.721. The summed E-state index contributed by atoms with van der Waals surface area (Å²) in [4.78, 5) is 16.4. The van der Waals surface area contributed by atoms with Gasteiger partial charge in [-0.15, -0.1) is 0 Å². The van der Waals surface area contributed by atoms with Crippen molar-refractivity contribution in [1.82, 2.24) is 14.9 Å². The van der Waals surface area contributed by atoms with Crippen LogP contribution < -0.4 is 10.1 Å². The molecular weight excluding hydrogens is 314 g/mol. The number of nitrogens with zero attached hydrogens (tertiary/aromatic N) is 2. The maximum absolute atomic E-state index is 12.3. The van der Waals surface area contributed by atoms with Crippen molar-refractivity contribution in [2.45, 2.75) is 20.0 Å². The first kappa shape index (κ1) is 16.8. The summed E-state index contributed by atoms with van der Waals surface area (Å²) in [6.45, 7) is 3.72. The highest BCUT2D eigenvalue weighted by molar-refractivity contribution is 5.94. The van der Waals surface area contributed by atoms with Gasteiger partial charge in [0.15, 0.2) is 0 Å². The lowest BCUT2D eigenvalue weighted by atomic mass is 10.1. The van der Waals surface area contributed by atoms with E-state index < -0.39 is 0 Å². The van der Waals surface area contributed by atoms with Crippen molar-refractivity contribution in [3.8, 4) is 5.75 Å². The van der Waals surface area contributed by atoms with E-state index in [0.29, 0.717) is 18.7 Å². The van der Waals surface area contributed by atoms with E-state index in [9.17, 15) is 4.79 Å². The van der Waals surface area contributed by atoms with Gasteiger partial charge >= 0.3 is 0 Å². The molecule has 0 bridgehead atoms. The van der Waals surface area contributed by atoms with Gasteiger partial charge in [-0.25, -0.2) is 4.98 Å². The number of hydrogen-bond acceptors (Lipinski definition) is 3. The normalized spacial score (nSPS) is 10.4. The van der Waals surface area contributed by atoms with Crippen molar-refractivity contribution in [1.29, 1.82) is 0 Å². The Morgan fingerprint density at radius 2 is 1.96 bits per heavy atom. The maximum Gasteiger partial charge on any atom is 0.251 e. The van der Waals surface area contributed by atoms with E-state index in [4.69, 9.17) is 4.74 Å². The minimum Gasteiger partial charge on any atom is -0.494 e. The first-order chi connectivity index (χ1) is 12.3. The number of nitrogens with one attached hydrogen (secondary N) is 1. The van der Waals surface area contributed by atoms with Crippen LogP contribution in [0.4, 0.5) is 0 Å². The molecule has 3 rings (SSSR count). The molecule has 0 aliphatic rings. The van der Waals surface area contributed by atoms with E-state index >= 15 is 0 Å². The Kier molecular flexibility index (Phi) is 5.46. The molecule has 1 aromatic heterocycles. The fourth-order valence-electron chi connectivity index (χ4n) is 2.58. The molecular formula is C20H21N3O2. The molecule has 5 heteroatoms. The van der Waals surface area contributed by atoms with Crippen LogP contribution in [0.3, 0.4) is 0 Å². The number of para-hydroxylation sites is 1. The lowest BCUT2D eigenvalue weighted by Crippen LogP contribution is -2.23. The highest BCUT2D eigenvalue weighted by Gasteiger charge is 2.08. The first-order valence-electron chi connectivity index (χ1n) is 8.30. The van der Waals surface area contributed by atoms with E-state index in [0.717, 1.165) is 23.4 Å². The standard InChI is InChI=1S/C20H21N3O2/c1-2-25-19-6-4-3-5-18(19)13-22-20(24)17-9-7-16(8-10-17)14-23-12-11-21-15-23/h3-12,15H,2,13-14H2,1H3,(H,22,24). The van der Waals surface area contributed by atoms with E-state index in [-0.39, 0.29) is 5.91 Å². The Morgan fingerprint density at radius 3 is 2.68 bits per heavy atom. The Labute approximate surface area is 147 Å². The zero-order valence-electron chi connectivity index (χ0n) is 14.2. The van der Waals surface area contributed by atoms with Crippen LogP contribution in [0.5, 0.6) is 5.75 Å². The third-order valence-electron chi connectivity index (χ3n) is 3.85. The third-order valence-corrected chi connectivity index (χ3v) is 3.85. The molecule has 0 radical (unpaired) electrons. The average molecular weight is 335 g/mol. The zero-order valence-corrected chi connectivity index (χ0v) is 14.2. The predicted octanol–water partition coefficient (Wildman–Crippen LogP) is 3.26. The molecule has 0 atom stereocenters. The molecule has 1 heterocycles. The lowest BCUT2D eigenvalue weighted by molar-refractivity contribution is 0.0950. The molecule has 0 unspecified atom stereocenters. The first-order valence-corrected chi connectivity index (χ1v) is 8.30. The number of hydrogen-bond donors (Lipinski definition) is 1. The van der Waals surface area contributed by atoms with Crippen molar-refractivity contribution in [3.63, 3.8) is 0 Å². The lowest BCUT2D eigenvalue weighted by Gasteiger charge is -2.11. The minimum absolute atomic E-state index is 0.0968. The Hall–Kier alpha value is -3.08. The highest BCUT2D eigenvalue weighted by atomic mass is 16.5. The summed E-state index contributed by atoms with van der Waals surface area (Å²) in [6.07, 6.45) is 5.44. The number of carbonyl (C=O) groups is 1. The molecule has 5 nitrogen and oxygen atoms in total. The average Bonchev–Trinajstić information content (AvgIpc) is 3.15. The largest absolute Gasteiger partial charge is 0.494 e. The van der Waals surface area contributed by atoms with Gasteiger partial charge in [-0.1, -0.05) is 30.3 Å². The number of benzene rings is 2. The van der Waals surface area contributed by atoms with E-state index in [2.05, 4.69) is 10.3 Å². The van der Waals surface area contributed by atoms with Gasteiger partial charge in [-0.05, 0) is 30.7 Å². The summed E-state index contributed by atoms with van der Waals surface area (Å²) >= 11 is 0. The van der Waals surface area contributed by atoms with Gasteiger partial charge in [0, 0.05) is 36.6 Å². The Balaban J connectivity index is 1.60. The summed E-state index contributed by atoms with van der Waals surface area (Å²) in [5, 5.41) is 2.94. The van der Waals surface area contributed by atoms with Gasteiger partial charge in [0.25, 0.3) is 5.91 Å². The van der Waals surface area contributed by atoms with Gasteiger partial charge in [0.05, 0.1) is 12.9 Å². The van der Waals surface area contributed by atoms with Gasteiger partial charge in [0.2, 0.25) is 0 Å². The molecule has 3 aromatic rings. The number of ether oxygens (including phenoxy) is 1. The molecule has 0 aliphatic carbocycles. The van der Waals surface area contributed by atoms with Gasteiger partial charge in [-0.3, -0.25) is 4.79 Å². The topological polar surface area (TPSA) is 56.1 Å². The van der Waals surface area contributed by atoms with Crippen LogP contribution in [-0.2, 0) is 13.1 Å².